The molecule has 0 radical (unpaired) electrons. The second kappa shape index (κ2) is 6.29. The van der Waals surface area contributed by atoms with Crippen LogP contribution in [0.2, 0.25) is 5.15 Å². The molecule has 3 heterocycles. The number of hydrogen-bond donors (Lipinski definition) is 1. The number of rotatable bonds is 3. The summed E-state index contributed by atoms with van der Waals surface area (Å²) in [6.07, 6.45) is 3.98. The van der Waals surface area contributed by atoms with Gasteiger partial charge in [0.2, 0.25) is 0 Å². The third-order valence-corrected chi connectivity index (χ3v) is 4.47. The van der Waals surface area contributed by atoms with Crippen molar-refractivity contribution in [3.05, 3.63) is 23.0 Å². The molecule has 1 aromatic heterocycles. The first kappa shape index (κ1) is 14.1. The van der Waals surface area contributed by atoms with Gasteiger partial charge in [-0.05, 0) is 12.8 Å². The number of ether oxygens (including phenoxy) is 2. The maximum Gasteiger partial charge on any atom is 0.132 e. The predicted octanol–water partition coefficient (Wildman–Crippen LogP) is 2.30. The van der Waals surface area contributed by atoms with E-state index in [1.54, 1.807) is 0 Å². The number of piperidine rings is 1. The highest BCUT2D eigenvalue weighted by molar-refractivity contribution is 6.29. The minimum absolute atomic E-state index is 0.211. The second-order valence-electron chi connectivity index (χ2n) is 5.59. The molecule has 2 fully saturated rings. The molecule has 4 nitrogen and oxygen atoms in total. The zero-order valence-corrected chi connectivity index (χ0v) is 12.5. The number of aryl methyl sites for hydroxylation is 1. The lowest BCUT2D eigenvalue weighted by molar-refractivity contribution is 0.0361. The Morgan fingerprint density at radius 2 is 2.30 bits per heavy atom. The first-order chi connectivity index (χ1) is 9.78. The molecule has 0 spiro atoms. The maximum atomic E-state index is 6.36. The number of nitrogens with zero attached hydrogens (tertiary/aromatic N) is 1. The van der Waals surface area contributed by atoms with Crippen LogP contribution < -0.4 is 10.1 Å². The summed E-state index contributed by atoms with van der Waals surface area (Å²) in [5, 5.41) is 3.98. The lowest BCUT2D eigenvalue weighted by atomic mass is 9.86. The maximum absolute atomic E-state index is 6.36. The molecule has 2 saturated heterocycles. The predicted molar refractivity (Wildman–Crippen MR) is 78.3 cm³/mol. The fourth-order valence-corrected chi connectivity index (χ4v) is 3.26. The summed E-state index contributed by atoms with van der Waals surface area (Å²) < 4.78 is 12.1. The van der Waals surface area contributed by atoms with Gasteiger partial charge >= 0.3 is 0 Å². The Morgan fingerprint density at radius 3 is 3.15 bits per heavy atom. The molecule has 0 aliphatic carbocycles. The summed E-state index contributed by atoms with van der Waals surface area (Å²) in [5.41, 5.74) is 1.12. The number of aromatic nitrogens is 1. The molecule has 2 aliphatic rings. The van der Waals surface area contributed by atoms with Gasteiger partial charge in [-0.3, -0.25) is 0 Å². The van der Waals surface area contributed by atoms with Crippen molar-refractivity contribution < 1.29 is 9.47 Å². The first-order valence-electron chi connectivity index (χ1n) is 7.37. The molecule has 3 rings (SSSR count). The Morgan fingerprint density at radius 1 is 1.45 bits per heavy atom. The van der Waals surface area contributed by atoms with Crippen LogP contribution in [0.1, 0.15) is 18.9 Å². The minimum atomic E-state index is 0.211. The lowest BCUT2D eigenvalue weighted by Gasteiger charge is -2.36. The van der Waals surface area contributed by atoms with Gasteiger partial charge in [0.1, 0.15) is 17.0 Å². The number of hydrogen-bond acceptors (Lipinski definition) is 4. The van der Waals surface area contributed by atoms with E-state index in [2.05, 4.69) is 17.2 Å². The zero-order chi connectivity index (χ0) is 13.9. The fourth-order valence-electron chi connectivity index (χ4n) is 3.12. The van der Waals surface area contributed by atoms with Crippen LogP contribution in [-0.2, 0) is 11.2 Å². The van der Waals surface area contributed by atoms with Crippen LogP contribution in [-0.4, -0.2) is 37.4 Å². The average molecular weight is 297 g/mol. The zero-order valence-electron chi connectivity index (χ0n) is 11.8. The van der Waals surface area contributed by atoms with Crippen molar-refractivity contribution in [3.63, 3.8) is 0 Å². The summed E-state index contributed by atoms with van der Waals surface area (Å²) in [6.45, 7) is 5.68. The van der Waals surface area contributed by atoms with Crippen molar-refractivity contribution in [1.82, 2.24) is 10.3 Å². The summed E-state index contributed by atoms with van der Waals surface area (Å²) in [7, 11) is 0. The van der Waals surface area contributed by atoms with E-state index in [1.807, 2.05) is 12.3 Å². The summed E-state index contributed by atoms with van der Waals surface area (Å²) in [5.74, 6) is 1.80. The van der Waals surface area contributed by atoms with Crippen LogP contribution in [0.25, 0.3) is 0 Å². The number of fused-ring (bicyclic) bond motifs is 2. The van der Waals surface area contributed by atoms with Crippen LogP contribution in [0.15, 0.2) is 12.3 Å². The van der Waals surface area contributed by atoms with Crippen molar-refractivity contribution in [3.8, 4) is 5.75 Å². The molecule has 1 aromatic rings. The molecule has 110 valence electrons. The van der Waals surface area contributed by atoms with Crippen LogP contribution >= 0.6 is 11.6 Å². The molecule has 2 aliphatic heterocycles. The van der Waals surface area contributed by atoms with Crippen LogP contribution in [0.5, 0.6) is 5.75 Å². The fraction of sp³-hybridized carbons (Fsp3) is 0.667. The first-order valence-corrected chi connectivity index (χ1v) is 7.75. The van der Waals surface area contributed by atoms with Gasteiger partial charge in [-0.15, -0.1) is 0 Å². The highest BCUT2D eigenvalue weighted by atomic mass is 35.5. The van der Waals surface area contributed by atoms with E-state index in [-0.39, 0.29) is 6.10 Å². The Labute approximate surface area is 124 Å². The third-order valence-electron chi connectivity index (χ3n) is 4.26. The van der Waals surface area contributed by atoms with Crippen LogP contribution in [0, 0.1) is 11.8 Å². The molecule has 3 atom stereocenters. The normalized spacial score (nSPS) is 29.8. The smallest absolute Gasteiger partial charge is 0.132 e. The Hall–Kier alpha value is -0.840. The monoisotopic (exact) mass is 296 g/mol. The molecular formula is C15H21ClN2O2. The van der Waals surface area contributed by atoms with Gasteiger partial charge in [-0.2, -0.15) is 0 Å². The van der Waals surface area contributed by atoms with E-state index in [4.69, 9.17) is 21.1 Å². The molecule has 1 N–H and O–H groups in total. The largest absolute Gasteiger partial charge is 0.489 e. The van der Waals surface area contributed by atoms with Gasteiger partial charge in [0.25, 0.3) is 0 Å². The van der Waals surface area contributed by atoms with Gasteiger partial charge in [0.05, 0.1) is 6.61 Å². The van der Waals surface area contributed by atoms with E-state index in [9.17, 15) is 0 Å². The van der Waals surface area contributed by atoms with Crippen molar-refractivity contribution in [2.75, 3.05) is 26.3 Å². The number of pyridine rings is 1. The SMILES string of the molecule is CCc1cnc(Cl)cc1OC1C2CCOCC1CNC2. The van der Waals surface area contributed by atoms with Crippen molar-refractivity contribution >= 4 is 11.6 Å². The lowest BCUT2D eigenvalue weighted by Crippen LogP contribution is -2.50. The van der Waals surface area contributed by atoms with E-state index in [0.29, 0.717) is 17.0 Å². The van der Waals surface area contributed by atoms with Crippen LogP contribution in [0.3, 0.4) is 0 Å². The van der Waals surface area contributed by atoms with Gasteiger partial charge in [0.15, 0.2) is 0 Å². The molecule has 2 bridgehead atoms. The Balaban J connectivity index is 1.83. The molecule has 0 aromatic carbocycles. The summed E-state index contributed by atoms with van der Waals surface area (Å²) in [6, 6.07) is 1.84. The molecule has 0 amide bonds. The third kappa shape index (κ3) is 2.92. The van der Waals surface area contributed by atoms with Crippen molar-refractivity contribution in [2.24, 2.45) is 11.8 Å². The van der Waals surface area contributed by atoms with Crippen molar-refractivity contribution in [1.29, 1.82) is 0 Å². The number of nitrogens with one attached hydrogen (secondary N) is 1. The highest BCUT2D eigenvalue weighted by Crippen LogP contribution is 2.31. The van der Waals surface area contributed by atoms with Gasteiger partial charge in [-0.1, -0.05) is 18.5 Å². The van der Waals surface area contributed by atoms with Gasteiger partial charge in [-0.25, -0.2) is 4.98 Å². The van der Waals surface area contributed by atoms with Gasteiger partial charge < -0.3 is 14.8 Å². The highest BCUT2D eigenvalue weighted by Gasteiger charge is 2.37. The quantitative estimate of drug-likeness (QED) is 0.869. The summed E-state index contributed by atoms with van der Waals surface area (Å²) >= 11 is 6.02. The van der Waals surface area contributed by atoms with Crippen molar-refractivity contribution in [2.45, 2.75) is 25.9 Å². The number of halogens is 1. The standard InChI is InChI=1S/C15H21ClN2O2/c1-2-10-8-18-14(16)5-13(10)20-15-11-3-4-19-9-12(15)7-17-6-11/h5,8,11-12,15,17H,2-4,6-7,9H2,1H3. The minimum Gasteiger partial charge on any atom is -0.489 e. The Bertz CT molecular complexity index is 455. The van der Waals surface area contributed by atoms with E-state index < -0.39 is 0 Å². The van der Waals surface area contributed by atoms with E-state index >= 15 is 0 Å². The van der Waals surface area contributed by atoms with E-state index in [1.165, 1.54) is 0 Å². The van der Waals surface area contributed by atoms with E-state index in [0.717, 1.165) is 50.5 Å². The Kier molecular flexibility index (Phi) is 4.44. The topological polar surface area (TPSA) is 43.4 Å². The molecule has 3 unspecified atom stereocenters. The van der Waals surface area contributed by atoms with Gasteiger partial charge in [0, 0.05) is 49.4 Å². The average Bonchev–Trinajstić information content (AvgIpc) is 2.56. The van der Waals surface area contributed by atoms with Crippen LogP contribution in [0.4, 0.5) is 0 Å². The molecular weight excluding hydrogens is 276 g/mol. The second-order valence-corrected chi connectivity index (χ2v) is 5.98. The molecule has 20 heavy (non-hydrogen) atoms. The molecule has 0 saturated carbocycles. The summed E-state index contributed by atoms with van der Waals surface area (Å²) in [4.78, 5) is 4.14. The molecule has 5 heteroatoms.